The number of allylic oxidation sites excluding steroid dienone is 12. The third kappa shape index (κ3) is 47.9. The number of carbonyl (C=O) groups is 3. The number of hydrogen-bond acceptors (Lipinski definition) is 6. The van der Waals surface area contributed by atoms with Crippen LogP contribution < -0.4 is 0 Å². The molecule has 6 nitrogen and oxygen atoms in total. The molecule has 0 bridgehead atoms. The summed E-state index contributed by atoms with van der Waals surface area (Å²) in [7, 11) is 0. The minimum Gasteiger partial charge on any atom is -0.462 e. The van der Waals surface area contributed by atoms with Crippen LogP contribution in [0.4, 0.5) is 0 Å². The van der Waals surface area contributed by atoms with E-state index < -0.39 is 6.10 Å². The van der Waals surface area contributed by atoms with Gasteiger partial charge < -0.3 is 14.2 Å². The van der Waals surface area contributed by atoms with Gasteiger partial charge in [0.05, 0.1) is 0 Å². The summed E-state index contributed by atoms with van der Waals surface area (Å²) in [5.74, 6) is -0.935. The average molecular weight is 865 g/mol. The third-order valence-corrected chi connectivity index (χ3v) is 11.0. The second-order valence-corrected chi connectivity index (χ2v) is 17.0. The normalized spacial score (nSPS) is 12.6. The predicted octanol–water partition coefficient (Wildman–Crippen LogP) is 17.0. The number of ether oxygens (including phenoxy) is 3. The molecule has 0 fully saturated rings. The van der Waals surface area contributed by atoms with Crippen LogP contribution in [0.1, 0.15) is 245 Å². The highest BCUT2D eigenvalue weighted by atomic mass is 16.6. The summed E-state index contributed by atoms with van der Waals surface area (Å²) < 4.78 is 16.8. The monoisotopic (exact) mass is 865 g/mol. The van der Waals surface area contributed by atoms with Crippen molar-refractivity contribution >= 4 is 17.9 Å². The van der Waals surface area contributed by atoms with Crippen LogP contribution in [-0.2, 0) is 28.6 Å². The Kier molecular flexibility index (Phi) is 47.9. The van der Waals surface area contributed by atoms with Crippen LogP contribution in [0, 0.1) is 0 Å². The van der Waals surface area contributed by atoms with Crippen molar-refractivity contribution in [2.75, 3.05) is 13.2 Å². The van der Waals surface area contributed by atoms with Gasteiger partial charge >= 0.3 is 17.9 Å². The first-order valence-electron chi connectivity index (χ1n) is 25.9. The van der Waals surface area contributed by atoms with Gasteiger partial charge in [-0.1, -0.05) is 216 Å². The van der Waals surface area contributed by atoms with Gasteiger partial charge in [0.2, 0.25) is 0 Å². The van der Waals surface area contributed by atoms with E-state index in [0.717, 1.165) is 122 Å². The fourth-order valence-electron chi connectivity index (χ4n) is 7.12. The molecule has 0 radical (unpaired) electrons. The van der Waals surface area contributed by atoms with Crippen molar-refractivity contribution in [1.29, 1.82) is 0 Å². The highest BCUT2D eigenvalue weighted by molar-refractivity contribution is 5.71. The van der Waals surface area contributed by atoms with Crippen molar-refractivity contribution in [2.24, 2.45) is 0 Å². The predicted molar refractivity (Wildman–Crippen MR) is 265 cm³/mol. The smallest absolute Gasteiger partial charge is 0.306 e. The third-order valence-electron chi connectivity index (χ3n) is 11.0. The first kappa shape index (κ1) is 58.9. The second kappa shape index (κ2) is 50.5. The zero-order valence-electron chi connectivity index (χ0n) is 40.6. The molecule has 0 aliphatic rings. The Bertz CT molecular complexity index is 1180. The van der Waals surface area contributed by atoms with Gasteiger partial charge in [0.1, 0.15) is 13.2 Å². The number of esters is 3. The van der Waals surface area contributed by atoms with E-state index >= 15 is 0 Å². The minimum atomic E-state index is -0.794. The second-order valence-electron chi connectivity index (χ2n) is 17.0. The van der Waals surface area contributed by atoms with E-state index in [-0.39, 0.29) is 31.1 Å². The summed E-state index contributed by atoms with van der Waals surface area (Å²) in [6, 6.07) is 0. The zero-order valence-corrected chi connectivity index (χ0v) is 40.6. The van der Waals surface area contributed by atoms with E-state index in [1.807, 2.05) is 0 Å². The van der Waals surface area contributed by atoms with Gasteiger partial charge in [0, 0.05) is 19.3 Å². The van der Waals surface area contributed by atoms with Gasteiger partial charge in [0.15, 0.2) is 6.10 Å². The SMILES string of the molecule is CC/C=C\C/C=C\C/C=C\CCCCCCCC(=O)OC(COC(=O)CCCCC/C=C\C/C=C\C/C=C\CC)COC(=O)CCCCCCCCCCCCCCCCCC. The standard InChI is InChI=1S/C56H96O6/c1-4-7-10-13-16-19-22-25-27-29-31-34-37-40-43-46-49-55(58)61-52-53(51-60-54(57)48-45-42-39-36-33-30-24-21-18-15-12-9-6-3)62-56(59)50-47-44-41-38-35-32-28-26-23-20-17-14-11-8-5-2/h8-9,11-12,17-18,20-21,26,28,30,33,53H,4-7,10,13-16,19,22-25,27,29,31-32,34-52H2,1-3H3/b11-8-,12-9-,20-17-,21-18-,28-26-,33-30-. The molecule has 1 atom stereocenters. The van der Waals surface area contributed by atoms with Crippen molar-refractivity contribution in [1.82, 2.24) is 0 Å². The lowest BCUT2D eigenvalue weighted by molar-refractivity contribution is -0.167. The quantitative estimate of drug-likeness (QED) is 0.0262. The molecule has 62 heavy (non-hydrogen) atoms. The van der Waals surface area contributed by atoms with Crippen LogP contribution >= 0.6 is 0 Å². The van der Waals surface area contributed by atoms with E-state index in [1.165, 1.54) is 83.5 Å². The lowest BCUT2D eigenvalue weighted by Crippen LogP contribution is -2.30. The molecular weight excluding hydrogens is 769 g/mol. The van der Waals surface area contributed by atoms with Crippen LogP contribution in [0.5, 0.6) is 0 Å². The number of hydrogen-bond donors (Lipinski definition) is 0. The van der Waals surface area contributed by atoms with E-state index in [4.69, 9.17) is 14.2 Å². The molecule has 0 amide bonds. The molecular formula is C56H96O6. The molecule has 1 unspecified atom stereocenters. The fraction of sp³-hybridized carbons (Fsp3) is 0.732. The molecule has 6 heteroatoms. The summed E-state index contributed by atoms with van der Waals surface area (Å²) in [6.45, 7) is 6.38. The lowest BCUT2D eigenvalue weighted by Gasteiger charge is -2.18. The minimum absolute atomic E-state index is 0.0904. The largest absolute Gasteiger partial charge is 0.462 e. The van der Waals surface area contributed by atoms with Crippen LogP contribution in [0.15, 0.2) is 72.9 Å². The van der Waals surface area contributed by atoms with E-state index in [0.29, 0.717) is 19.3 Å². The molecule has 0 saturated carbocycles. The Morgan fingerprint density at radius 2 is 0.629 bits per heavy atom. The fourth-order valence-corrected chi connectivity index (χ4v) is 7.12. The molecule has 0 N–H and O–H groups in total. The summed E-state index contributed by atoms with van der Waals surface area (Å²) in [4.78, 5) is 38.0. The molecule has 0 aliphatic heterocycles. The molecule has 0 spiro atoms. The summed E-state index contributed by atoms with van der Waals surface area (Å²) >= 11 is 0. The number of unbranched alkanes of at least 4 members (excludes halogenated alkanes) is 23. The topological polar surface area (TPSA) is 78.9 Å². The molecule has 356 valence electrons. The highest BCUT2D eigenvalue weighted by Crippen LogP contribution is 2.15. The maximum Gasteiger partial charge on any atom is 0.306 e. The lowest BCUT2D eigenvalue weighted by atomic mass is 10.0. The Labute approximate surface area is 382 Å². The first-order valence-corrected chi connectivity index (χ1v) is 25.9. The Hall–Kier alpha value is -3.15. The van der Waals surface area contributed by atoms with Crippen LogP contribution in [-0.4, -0.2) is 37.2 Å². The van der Waals surface area contributed by atoms with Crippen LogP contribution in [0.3, 0.4) is 0 Å². The molecule has 0 aromatic rings. The van der Waals surface area contributed by atoms with Gasteiger partial charge in [-0.15, -0.1) is 0 Å². The molecule has 0 aromatic heterocycles. The molecule has 0 aliphatic carbocycles. The van der Waals surface area contributed by atoms with Crippen molar-refractivity contribution in [3.8, 4) is 0 Å². The maximum atomic E-state index is 12.8. The zero-order chi connectivity index (χ0) is 45.1. The molecule has 0 rings (SSSR count). The summed E-state index contributed by atoms with van der Waals surface area (Å²) in [6.07, 6.45) is 63.2. The van der Waals surface area contributed by atoms with Gasteiger partial charge in [0.25, 0.3) is 0 Å². The molecule has 0 heterocycles. The van der Waals surface area contributed by atoms with Gasteiger partial charge in [-0.3, -0.25) is 14.4 Å². The van der Waals surface area contributed by atoms with Crippen molar-refractivity contribution < 1.29 is 28.6 Å². The van der Waals surface area contributed by atoms with E-state index in [2.05, 4.69) is 93.7 Å². The van der Waals surface area contributed by atoms with E-state index in [9.17, 15) is 14.4 Å². The van der Waals surface area contributed by atoms with Crippen molar-refractivity contribution in [3.05, 3.63) is 72.9 Å². The number of carbonyl (C=O) groups excluding carboxylic acids is 3. The van der Waals surface area contributed by atoms with Crippen molar-refractivity contribution in [3.63, 3.8) is 0 Å². The maximum absolute atomic E-state index is 12.8. The Balaban J connectivity index is 4.42. The first-order chi connectivity index (χ1) is 30.5. The summed E-state index contributed by atoms with van der Waals surface area (Å²) in [5, 5.41) is 0. The highest BCUT2D eigenvalue weighted by Gasteiger charge is 2.19. The van der Waals surface area contributed by atoms with Gasteiger partial charge in [-0.2, -0.15) is 0 Å². The van der Waals surface area contributed by atoms with Crippen molar-refractivity contribution in [2.45, 2.75) is 252 Å². The Morgan fingerprint density at radius 1 is 0.339 bits per heavy atom. The van der Waals surface area contributed by atoms with E-state index in [1.54, 1.807) is 0 Å². The molecule has 0 saturated heterocycles. The molecule has 0 aromatic carbocycles. The van der Waals surface area contributed by atoms with Crippen LogP contribution in [0.2, 0.25) is 0 Å². The van der Waals surface area contributed by atoms with Gasteiger partial charge in [-0.05, 0) is 83.5 Å². The average Bonchev–Trinajstić information content (AvgIpc) is 3.27. The Morgan fingerprint density at radius 3 is 1.00 bits per heavy atom. The number of rotatable bonds is 46. The van der Waals surface area contributed by atoms with Gasteiger partial charge in [-0.25, -0.2) is 0 Å². The van der Waals surface area contributed by atoms with Crippen LogP contribution in [0.25, 0.3) is 0 Å². The summed E-state index contributed by atoms with van der Waals surface area (Å²) in [5.41, 5.74) is 0.